The normalized spacial score (nSPS) is 18.4. The van der Waals surface area contributed by atoms with Crippen LogP contribution >= 0.6 is 0 Å². The molecule has 1 aliphatic heterocycles. The lowest BCUT2D eigenvalue weighted by molar-refractivity contribution is -0.269. The van der Waals surface area contributed by atoms with Gasteiger partial charge in [-0.25, -0.2) is 0 Å². The van der Waals surface area contributed by atoms with Crippen LogP contribution in [0.2, 0.25) is 0 Å². The van der Waals surface area contributed by atoms with Crippen molar-refractivity contribution in [3.8, 4) is 0 Å². The fourth-order valence-electron chi connectivity index (χ4n) is 1.98. The summed E-state index contributed by atoms with van der Waals surface area (Å²) in [6.07, 6.45) is 9.48. The van der Waals surface area contributed by atoms with Crippen molar-refractivity contribution in [1.29, 1.82) is 0 Å². The van der Waals surface area contributed by atoms with Gasteiger partial charge in [0.25, 0.3) is 0 Å². The lowest BCUT2D eigenvalue weighted by Crippen LogP contribution is -2.42. The summed E-state index contributed by atoms with van der Waals surface area (Å²) < 4.78 is 17.3. The van der Waals surface area contributed by atoms with E-state index in [9.17, 15) is 0 Å². The molecule has 3 heteroatoms. The van der Waals surface area contributed by atoms with Gasteiger partial charge in [-0.05, 0) is 25.7 Å². The Kier molecular flexibility index (Phi) is 7.98. The molecule has 0 aromatic rings. The lowest BCUT2D eigenvalue weighted by Gasteiger charge is -2.37. The number of ether oxygens (including phenoxy) is 3. The Bertz CT molecular complexity index is 214. The standard InChI is InChI=1S/C15H26O3/c1-3-5-7-11-17-15(9-13-16-14-10-15)18-12-8-6-4-2/h3-4H,1-2,5-14H2. The van der Waals surface area contributed by atoms with Gasteiger partial charge in [-0.1, -0.05) is 12.2 Å². The van der Waals surface area contributed by atoms with Crippen molar-refractivity contribution in [2.45, 2.75) is 44.3 Å². The average molecular weight is 254 g/mol. The van der Waals surface area contributed by atoms with E-state index in [2.05, 4.69) is 13.2 Å². The minimum absolute atomic E-state index is 0.416. The summed E-state index contributed by atoms with van der Waals surface area (Å²) >= 11 is 0. The zero-order chi connectivity index (χ0) is 13.1. The summed E-state index contributed by atoms with van der Waals surface area (Å²) in [5.41, 5.74) is 0. The van der Waals surface area contributed by atoms with Crippen LogP contribution in [0.25, 0.3) is 0 Å². The number of rotatable bonds is 10. The van der Waals surface area contributed by atoms with Crippen LogP contribution in [0, 0.1) is 0 Å². The SMILES string of the molecule is C=CCCCOC1(OCCCC=C)CCOCC1. The summed E-state index contributed by atoms with van der Waals surface area (Å²) in [7, 11) is 0. The van der Waals surface area contributed by atoms with E-state index in [1.807, 2.05) is 12.2 Å². The Morgan fingerprint density at radius 2 is 1.44 bits per heavy atom. The Morgan fingerprint density at radius 1 is 0.944 bits per heavy atom. The minimum atomic E-state index is -0.416. The second kappa shape index (κ2) is 9.31. The topological polar surface area (TPSA) is 27.7 Å². The number of hydrogen-bond donors (Lipinski definition) is 0. The summed E-state index contributed by atoms with van der Waals surface area (Å²) in [5, 5.41) is 0. The van der Waals surface area contributed by atoms with Crippen LogP contribution in [0.5, 0.6) is 0 Å². The van der Waals surface area contributed by atoms with Crippen molar-refractivity contribution >= 4 is 0 Å². The molecule has 0 aromatic carbocycles. The third kappa shape index (κ3) is 5.80. The predicted octanol–water partition coefficient (Wildman–Crippen LogP) is 3.46. The molecule has 0 spiro atoms. The van der Waals surface area contributed by atoms with Gasteiger partial charge in [0.2, 0.25) is 0 Å². The molecule has 0 bridgehead atoms. The summed E-state index contributed by atoms with van der Waals surface area (Å²) in [5.74, 6) is -0.416. The van der Waals surface area contributed by atoms with Crippen molar-refractivity contribution in [2.75, 3.05) is 26.4 Å². The van der Waals surface area contributed by atoms with E-state index < -0.39 is 5.79 Å². The quantitative estimate of drug-likeness (QED) is 0.339. The van der Waals surface area contributed by atoms with Crippen molar-refractivity contribution in [1.82, 2.24) is 0 Å². The fourth-order valence-corrected chi connectivity index (χ4v) is 1.98. The van der Waals surface area contributed by atoms with Crippen LogP contribution in [0.1, 0.15) is 38.5 Å². The Labute approximate surface area is 111 Å². The van der Waals surface area contributed by atoms with E-state index in [0.717, 1.165) is 65.0 Å². The molecule has 0 saturated carbocycles. The smallest absolute Gasteiger partial charge is 0.172 e. The van der Waals surface area contributed by atoms with E-state index in [4.69, 9.17) is 14.2 Å². The van der Waals surface area contributed by atoms with Crippen LogP contribution in [0.4, 0.5) is 0 Å². The monoisotopic (exact) mass is 254 g/mol. The van der Waals surface area contributed by atoms with Gasteiger partial charge >= 0.3 is 0 Å². The van der Waals surface area contributed by atoms with E-state index in [1.165, 1.54) is 0 Å². The zero-order valence-electron chi connectivity index (χ0n) is 11.4. The summed E-state index contributed by atoms with van der Waals surface area (Å²) in [4.78, 5) is 0. The minimum Gasteiger partial charge on any atom is -0.381 e. The molecule has 0 N–H and O–H groups in total. The molecule has 18 heavy (non-hydrogen) atoms. The van der Waals surface area contributed by atoms with Gasteiger partial charge < -0.3 is 14.2 Å². The Balaban J connectivity index is 2.31. The third-order valence-electron chi connectivity index (χ3n) is 3.09. The molecule has 1 rings (SSSR count). The first-order chi connectivity index (χ1) is 8.83. The predicted molar refractivity (Wildman–Crippen MR) is 73.6 cm³/mol. The highest BCUT2D eigenvalue weighted by Crippen LogP contribution is 2.27. The largest absolute Gasteiger partial charge is 0.381 e. The lowest BCUT2D eigenvalue weighted by atomic mass is 10.1. The molecule has 0 amide bonds. The summed E-state index contributed by atoms with van der Waals surface area (Å²) in [6, 6.07) is 0. The Morgan fingerprint density at radius 3 is 1.89 bits per heavy atom. The Hall–Kier alpha value is -0.640. The maximum absolute atomic E-state index is 5.98. The maximum Gasteiger partial charge on any atom is 0.172 e. The van der Waals surface area contributed by atoms with Crippen LogP contribution in [0.15, 0.2) is 25.3 Å². The highest BCUT2D eigenvalue weighted by Gasteiger charge is 2.34. The molecule has 0 aromatic heterocycles. The van der Waals surface area contributed by atoms with Crippen LogP contribution in [-0.2, 0) is 14.2 Å². The molecule has 1 heterocycles. The van der Waals surface area contributed by atoms with Gasteiger partial charge in [0.05, 0.1) is 26.4 Å². The molecule has 1 fully saturated rings. The van der Waals surface area contributed by atoms with E-state index in [-0.39, 0.29) is 0 Å². The van der Waals surface area contributed by atoms with Crippen molar-refractivity contribution < 1.29 is 14.2 Å². The maximum atomic E-state index is 5.98. The van der Waals surface area contributed by atoms with E-state index in [1.54, 1.807) is 0 Å². The number of hydrogen-bond acceptors (Lipinski definition) is 3. The van der Waals surface area contributed by atoms with Crippen LogP contribution in [-0.4, -0.2) is 32.2 Å². The molecule has 1 saturated heterocycles. The molecule has 0 unspecified atom stereocenters. The molecular formula is C15H26O3. The first kappa shape index (κ1) is 15.4. The van der Waals surface area contributed by atoms with Gasteiger partial charge in [-0.2, -0.15) is 0 Å². The molecule has 0 atom stereocenters. The van der Waals surface area contributed by atoms with Gasteiger partial charge in [-0.3, -0.25) is 0 Å². The molecule has 0 aliphatic carbocycles. The van der Waals surface area contributed by atoms with Gasteiger partial charge in [0.1, 0.15) is 0 Å². The van der Waals surface area contributed by atoms with Crippen LogP contribution < -0.4 is 0 Å². The van der Waals surface area contributed by atoms with Gasteiger partial charge in [0, 0.05) is 12.8 Å². The van der Waals surface area contributed by atoms with Gasteiger partial charge in [0.15, 0.2) is 5.79 Å². The van der Waals surface area contributed by atoms with Crippen molar-refractivity contribution in [2.24, 2.45) is 0 Å². The first-order valence-corrected chi connectivity index (χ1v) is 6.90. The van der Waals surface area contributed by atoms with E-state index in [0.29, 0.717) is 0 Å². The zero-order valence-corrected chi connectivity index (χ0v) is 11.4. The fraction of sp³-hybridized carbons (Fsp3) is 0.733. The average Bonchev–Trinajstić information content (AvgIpc) is 2.41. The van der Waals surface area contributed by atoms with Crippen LogP contribution in [0.3, 0.4) is 0 Å². The second-order valence-corrected chi connectivity index (χ2v) is 4.58. The second-order valence-electron chi connectivity index (χ2n) is 4.58. The third-order valence-corrected chi connectivity index (χ3v) is 3.09. The number of allylic oxidation sites excluding steroid dienone is 2. The first-order valence-electron chi connectivity index (χ1n) is 6.90. The molecule has 3 nitrogen and oxygen atoms in total. The molecule has 0 radical (unpaired) electrons. The highest BCUT2D eigenvalue weighted by molar-refractivity contribution is 4.75. The van der Waals surface area contributed by atoms with Crippen molar-refractivity contribution in [3.63, 3.8) is 0 Å². The molecular weight excluding hydrogens is 228 g/mol. The van der Waals surface area contributed by atoms with Gasteiger partial charge in [-0.15, -0.1) is 13.2 Å². The summed E-state index contributed by atoms with van der Waals surface area (Å²) in [6.45, 7) is 10.3. The van der Waals surface area contributed by atoms with Crippen molar-refractivity contribution in [3.05, 3.63) is 25.3 Å². The van der Waals surface area contributed by atoms with E-state index >= 15 is 0 Å². The molecule has 1 aliphatic rings. The molecule has 104 valence electrons. The number of unbranched alkanes of at least 4 members (excludes halogenated alkanes) is 2. The highest BCUT2D eigenvalue weighted by atomic mass is 16.7.